The molecule has 18 heavy (non-hydrogen) atoms. The summed E-state index contributed by atoms with van der Waals surface area (Å²) in [5.74, 6) is 0.500. The van der Waals surface area contributed by atoms with Crippen molar-refractivity contribution >= 4 is 53.2 Å². The smallest absolute Gasteiger partial charge is 0.210 e. The van der Waals surface area contributed by atoms with Crippen LogP contribution in [0.3, 0.4) is 0 Å². The van der Waals surface area contributed by atoms with E-state index < -0.39 is 10.0 Å². The summed E-state index contributed by atoms with van der Waals surface area (Å²) in [4.78, 5) is 0. The van der Waals surface area contributed by atoms with Crippen LogP contribution in [0.15, 0.2) is 18.5 Å². The number of rotatable bonds is 4. The van der Waals surface area contributed by atoms with Crippen LogP contribution >= 0.6 is 43.2 Å². The molecule has 0 aromatic carbocycles. The SMILES string of the molecule is O=S(=O)(NCC1CCCCC1)c1cc(Br)c(Br)s1. The lowest BCUT2D eigenvalue weighted by Crippen LogP contribution is -2.29. The zero-order chi connectivity index (χ0) is 13.2. The summed E-state index contributed by atoms with van der Waals surface area (Å²) in [7, 11) is -3.35. The predicted molar refractivity (Wildman–Crippen MR) is 81.5 cm³/mol. The maximum Gasteiger partial charge on any atom is 0.250 e. The van der Waals surface area contributed by atoms with Gasteiger partial charge >= 0.3 is 0 Å². The fourth-order valence-corrected chi connectivity index (χ4v) is 6.13. The minimum absolute atomic E-state index is 0.358. The number of nitrogens with one attached hydrogen (secondary N) is 1. The van der Waals surface area contributed by atoms with Crippen LogP contribution in [0.4, 0.5) is 0 Å². The van der Waals surface area contributed by atoms with Crippen molar-refractivity contribution in [2.75, 3.05) is 6.54 Å². The van der Waals surface area contributed by atoms with Gasteiger partial charge in [0, 0.05) is 11.0 Å². The van der Waals surface area contributed by atoms with Crippen LogP contribution in [0.25, 0.3) is 0 Å². The van der Waals surface area contributed by atoms with Crippen LogP contribution in [0.2, 0.25) is 0 Å². The summed E-state index contributed by atoms with van der Waals surface area (Å²) in [6.07, 6.45) is 6.01. The van der Waals surface area contributed by atoms with Gasteiger partial charge in [0.1, 0.15) is 4.21 Å². The highest BCUT2D eigenvalue weighted by Crippen LogP contribution is 2.34. The van der Waals surface area contributed by atoms with Crippen molar-refractivity contribution in [3.8, 4) is 0 Å². The molecule has 1 N–H and O–H groups in total. The quantitative estimate of drug-likeness (QED) is 0.801. The van der Waals surface area contributed by atoms with E-state index in [1.54, 1.807) is 6.07 Å². The standard InChI is InChI=1S/C11H15Br2NO2S2/c12-9-6-10(17-11(9)13)18(15,16)14-7-8-4-2-1-3-5-8/h6,8,14H,1-5,7H2. The zero-order valence-corrected chi connectivity index (χ0v) is 14.6. The van der Waals surface area contributed by atoms with E-state index in [1.165, 1.54) is 30.6 Å². The summed E-state index contributed by atoms with van der Waals surface area (Å²) < 4.78 is 28.9. The van der Waals surface area contributed by atoms with Crippen molar-refractivity contribution in [3.63, 3.8) is 0 Å². The molecule has 1 aliphatic carbocycles. The van der Waals surface area contributed by atoms with E-state index in [0.717, 1.165) is 21.1 Å². The second-order valence-corrected chi connectivity index (χ2v) is 9.76. The van der Waals surface area contributed by atoms with E-state index in [-0.39, 0.29) is 0 Å². The molecule has 1 aliphatic rings. The fraction of sp³-hybridized carbons (Fsp3) is 0.636. The lowest BCUT2D eigenvalue weighted by atomic mass is 9.90. The Morgan fingerprint density at radius 1 is 1.28 bits per heavy atom. The van der Waals surface area contributed by atoms with Crippen molar-refractivity contribution in [1.29, 1.82) is 0 Å². The van der Waals surface area contributed by atoms with E-state index >= 15 is 0 Å². The molecule has 1 aromatic heterocycles. The lowest BCUT2D eigenvalue weighted by molar-refractivity contribution is 0.357. The third kappa shape index (κ3) is 3.79. The van der Waals surface area contributed by atoms with Gasteiger partial charge in [-0.2, -0.15) is 0 Å². The van der Waals surface area contributed by atoms with Crippen LogP contribution in [-0.4, -0.2) is 15.0 Å². The largest absolute Gasteiger partial charge is 0.250 e. The van der Waals surface area contributed by atoms with Crippen molar-refractivity contribution in [3.05, 3.63) is 14.3 Å². The Balaban J connectivity index is 1.98. The van der Waals surface area contributed by atoms with Crippen LogP contribution in [0, 0.1) is 5.92 Å². The molecule has 2 rings (SSSR count). The van der Waals surface area contributed by atoms with E-state index in [9.17, 15) is 8.42 Å². The normalized spacial score (nSPS) is 18.1. The minimum Gasteiger partial charge on any atom is -0.210 e. The summed E-state index contributed by atoms with van der Waals surface area (Å²) in [6.45, 7) is 0.565. The van der Waals surface area contributed by atoms with Gasteiger partial charge in [0.05, 0.1) is 3.79 Å². The second kappa shape index (κ2) is 6.35. The van der Waals surface area contributed by atoms with Crippen LogP contribution < -0.4 is 4.72 Å². The molecule has 1 fully saturated rings. The van der Waals surface area contributed by atoms with Gasteiger partial charge in [0.15, 0.2) is 0 Å². The predicted octanol–water partition coefficient (Wildman–Crippen LogP) is 4.13. The molecule has 1 saturated carbocycles. The van der Waals surface area contributed by atoms with Gasteiger partial charge < -0.3 is 0 Å². The van der Waals surface area contributed by atoms with Gasteiger partial charge in [-0.15, -0.1) is 11.3 Å². The zero-order valence-electron chi connectivity index (χ0n) is 9.79. The summed E-state index contributed by atoms with van der Waals surface area (Å²) in [5, 5.41) is 0. The van der Waals surface area contributed by atoms with Gasteiger partial charge in [0.25, 0.3) is 0 Å². The Kier molecular flexibility index (Phi) is 5.28. The first-order valence-electron chi connectivity index (χ1n) is 5.93. The Morgan fingerprint density at radius 2 is 1.94 bits per heavy atom. The van der Waals surface area contributed by atoms with Gasteiger partial charge in [-0.3, -0.25) is 0 Å². The topological polar surface area (TPSA) is 46.2 Å². The first-order valence-corrected chi connectivity index (χ1v) is 9.82. The highest BCUT2D eigenvalue weighted by Gasteiger charge is 2.21. The molecule has 3 nitrogen and oxygen atoms in total. The van der Waals surface area contributed by atoms with Crippen LogP contribution in [-0.2, 0) is 10.0 Å². The Bertz CT molecular complexity index is 488. The van der Waals surface area contributed by atoms with E-state index in [0.29, 0.717) is 16.7 Å². The number of sulfonamides is 1. The molecule has 0 amide bonds. The number of hydrogen-bond donors (Lipinski definition) is 1. The maximum absolute atomic E-state index is 12.1. The summed E-state index contributed by atoms with van der Waals surface area (Å²) in [5.41, 5.74) is 0. The molecule has 1 heterocycles. The van der Waals surface area contributed by atoms with Crippen molar-refractivity contribution in [2.45, 2.75) is 36.3 Å². The molecule has 0 aliphatic heterocycles. The highest BCUT2D eigenvalue weighted by atomic mass is 79.9. The molecule has 0 radical (unpaired) electrons. The maximum atomic E-state index is 12.1. The average molecular weight is 417 g/mol. The van der Waals surface area contributed by atoms with Crippen LogP contribution in [0.5, 0.6) is 0 Å². The highest BCUT2D eigenvalue weighted by molar-refractivity contribution is 9.13. The van der Waals surface area contributed by atoms with Crippen LogP contribution in [0.1, 0.15) is 32.1 Å². The summed E-state index contributed by atoms with van der Waals surface area (Å²) in [6, 6.07) is 1.64. The third-order valence-electron chi connectivity index (χ3n) is 3.17. The fourth-order valence-electron chi connectivity index (χ4n) is 2.15. The van der Waals surface area contributed by atoms with Crippen molar-refractivity contribution in [2.24, 2.45) is 5.92 Å². The monoisotopic (exact) mass is 415 g/mol. The van der Waals surface area contributed by atoms with Crippen molar-refractivity contribution in [1.82, 2.24) is 4.72 Å². The molecule has 0 saturated heterocycles. The molecular weight excluding hydrogens is 402 g/mol. The molecule has 102 valence electrons. The minimum atomic E-state index is -3.35. The van der Waals surface area contributed by atoms with Crippen molar-refractivity contribution < 1.29 is 8.42 Å². The van der Waals surface area contributed by atoms with Gasteiger partial charge in [-0.05, 0) is 56.7 Å². The number of thiophene rings is 1. The first-order chi connectivity index (χ1) is 8.49. The van der Waals surface area contributed by atoms with Gasteiger partial charge in [-0.25, -0.2) is 13.1 Å². The third-order valence-corrected chi connectivity index (χ3v) is 8.33. The second-order valence-electron chi connectivity index (χ2n) is 4.54. The first kappa shape index (κ1) is 15.0. The van der Waals surface area contributed by atoms with E-state index in [1.807, 2.05) is 0 Å². The average Bonchev–Trinajstić information content (AvgIpc) is 2.70. The molecule has 7 heteroatoms. The van der Waals surface area contributed by atoms with Gasteiger partial charge in [0.2, 0.25) is 10.0 Å². The number of halogens is 2. The van der Waals surface area contributed by atoms with Gasteiger partial charge in [-0.1, -0.05) is 19.3 Å². The lowest BCUT2D eigenvalue weighted by Gasteiger charge is -2.21. The molecule has 0 atom stereocenters. The Hall–Kier alpha value is 0.570. The Labute approximate surface area is 129 Å². The molecule has 0 spiro atoms. The van der Waals surface area contributed by atoms with E-state index in [4.69, 9.17) is 0 Å². The molecule has 1 aromatic rings. The van der Waals surface area contributed by atoms with E-state index in [2.05, 4.69) is 36.6 Å². The number of hydrogen-bond acceptors (Lipinski definition) is 3. The molecular formula is C11H15Br2NO2S2. The molecule has 0 bridgehead atoms. The Morgan fingerprint density at radius 3 is 2.50 bits per heavy atom. The molecule has 0 unspecified atom stereocenters. The summed E-state index contributed by atoms with van der Waals surface area (Å²) >= 11 is 7.85.